The summed E-state index contributed by atoms with van der Waals surface area (Å²) >= 11 is 1.39. The van der Waals surface area contributed by atoms with Crippen LogP contribution in [-0.2, 0) is 20.6 Å². The van der Waals surface area contributed by atoms with E-state index in [2.05, 4.69) is 19.9 Å². The lowest BCUT2D eigenvalue weighted by molar-refractivity contribution is 0.0764. The predicted octanol–water partition coefficient (Wildman–Crippen LogP) is -0.645. The summed E-state index contributed by atoms with van der Waals surface area (Å²) in [6.07, 6.45) is 3.44. The van der Waals surface area contributed by atoms with Crippen molar-refractivity contribution in [3.63, 3.8) is 0 Å². The van der Waals surface area contributed by atoms with Gasteiger partial charge >= 0.3 is 13.3 Å². The molecule has 0 aliphatic carbocycles. The third kappa shape index (κ3) is 6.96. The Morgan fingerprint density at radius 2 is 2.12 bits per heavy atom. The maximum absolute atomic E-state index is 11.5. The molecule has 3 aromatic rings. The SMILES string of the molecule is C[C@H](Cn1cnc2c(N)ncnc21)OCP(=O)(O)O.Nc1ccn([C@H]2CO[C@@H](CO)S2)c(=O)n1. The van der Waals surface area contributed by atoms with Crippen LogP contribution in [0.25, 0.3) is 11.2 Å². The van der Waals surface area contributed by atoms with Crippen LogP contribution in [0.1, 0.15) is 12.3 Å². The monoisotopic (exact) mass is 516 g/mol. The van der Waals surface area contributed by atoms with E-state index in [1.807, 2.05) is 0 Å². The number of thioether (sulfide) groups is 1. The molecule has 0 radical (unpaired) electrons. The summed E-state index contributed by atoms with van der Waals surface area (Å²) in [5.41, 5.74) is 11.4. The number of aromatic nitrogens is 6. The fourth-order valence-corrected chi connectivity index (χ4v) is 4.41. The number of fused-ring (bicyclic) bond motifs is 1. The van der Waals surface area contributed by atoms with Gasteiger partial charge in [-0.3, -0.25) is 9.13 Å². The summed E-state index contributed by atoms with van der Waals surface area (Å²) in [5.74, 6) is 0.492. The zero-order valence-corrected chi connectivity index (χ0v) is 19.7. The third-order valence-electron chi connectivity index (χ3n) is 4.45. The van der Waals surface area contributed by atoms with Crippen LogP contribution in [0.2, 0.25) is 0 Å². The smallest absolute Gasteiger partial charge is 0.350 e. The van der Waals surface area contributed by atoms with Gasteiger partial charge in [0.25, 0.3) is 0 Å². The Morgan fingerprint density at radius 1 is 1.35 bits per heavy atom. The fourth-order valence-electron chi connectivity index (χ4n) is 2.92. The first-order valence-electron chi connectivity index (χ1n) is 9.87. The first-order chi connectivity index (χ1) is 16.1. The summed E-state index contributed by atoms with van der Waals surface area (Å²) in [4.78, 5) is 44.5. The Balaban J connectivity index is 0.000000196. The van der Waals surface area contributed by atoms with Gasteiger partial charge < -0.3 is 40.4 Å². The summed E-state index contributed by atoms with van der Waals surface area (Å²) in [7, 11) is -4.16. The minimum atomic E-state index is -4.16. The molecule has 34 heavy (non-hydrogen) atoms. The molecule has 4 rings (SSSR count). The van der Waals surface area contributed by atoms with E-state index in [-0.39, 0.29) is 29.1 Å². The van der Waals surface area contributed by atoms with E-state index in [0.29, 0.717) is 24.3 Å². The fraction of sp³-hybridized carbons (Fsp3) is 0.471. The van der Waals surface area contributed by atoms with Crippen LogP contribution in [0, 0.1) is 0 Å². The zero-order chi connectivity index (χ0) is 24.9. The van der Waals surface area contributed by atoms with Crippen molar-refractivity contribution < 1.29 is 28.9 Å². The molecule has 4 heterocycles. The quantitative estimate of drug-likeness (QED) is 0.246. The molecule has 15 nitrogen and oxygen atoms in total. The normalized spacial score (nSPS) is 19.1. The van der Waals surface area contributed by atoms with Gasteiger partial charge in [0.2, 0.25) is 0 Å². The zero-order valence-electron chi connectivity index (χ0n) is 18.0. The molecule has 1 saturated heterocycles. The van der Waals surface area contributed by atoms with E-state index in [0.717, 1.165) is 0 Å². The van der Waals surface area contributed by atoms with Gasteiger partial charge in [0.05, 0.1) is 32.2 Å². The van der Waals surface area contributed by atoms with Crippen molar-refractivity contribution in [1.82, 2.24) is 29.1 Å². The molecule has 1 aliphatic rings. The number of aliphatic hydroxyl groups excluding tert-OH is 1. The Kier molecular flexibility index (Phi) is 8.59. The van der Waals surface area contributed by atoms with Gasteiger partial charge in [-0.2, -0.15) is 4.98 Å². The van der Waals surface area contributed by atoms with Crippen molar-refractivity contribution >= 4 is 42.2 Å². The van der Waals surface area contributed by atoms with E-state index in [1.54, 1.807) is 23.8 Å². The van der Waals surface area contributed by atoms with Crippen molar-refractivity contribution in [3.8, 4) is 0 Å². The predicted molar refractivity (Wildman–Crippen MR) is 124 cm³/mol. The third-order valence-corrected chi connectivity index (χ3v) is 6.21. The minimum absolute atomic E-state index is 0.0572. The molecule has 0 aromatic carbocycles. The van der Waals surface area contributed by atoms with Crippen molar-refractivity contribution in [2.75, 3.05) is 31.0 Å². The van der Waals surface area contributed by atoms with Crippen molar-refractivity contribution in [2.24, 2.45) is 0 Å². The highest BCUT2D eigenvalue weighted by Gasteiger charge is 2.27. The summed E-state index contributed by atoms with van der Waals surface area (Å²) in [6, 6.07) is 1.56. The molecule has 1 fully saturated rings. The number of nitrogens with zero attached hydrogens (tertiary/aromatic N) is 6. The molecule has 3 atom stereocenters. The molecule has 186 valence electrons. The largest absolute Gasteiger partial charge is 0.393 e. The number of anilines is 2. The molecule has 1 aliphatic heterocycles. The average molecular weight is 516 g/mol. The highest BCUT2D eigenvalue weighted by Crippen LogP contribution is 2.35. The highest BCUT2D eigenvalue weighted by molar-refractivity contribution is 8.00. The molecular formula is C17H25N8O7PS. The molecule has 0 bridgehead atoms. The molecule has 0 spiro atoms. The standard InChI is InChI=1S/C9H14N5O4P.C8H11N3O3S/c1-6(18-5-19(15,16)17)2-14-4-13-7-8(10)11-3-12-9(7)14;9-5-1-2-11(8(13)10-5)6-4-14-7(3-12)15-6/h3-4,6H,2,5H2,1H3,(H2,10,11,12)(H2,15,16,17);1-2,6-7,12H,3-4H2,(H2,9,10,13)/t6-;6-,7-/m11/s1. The van der Waals surface area contributed by atoms with Gasteiger partial charge in [-0.15, -0.1) is 11.8 Å². The van der Waals surface area contributed by atoms with Crippen LogP contribution < -0.4 is 17.2 Å². The van der Waals surface area contributed by atoms with Crippen molar-refractivity contribution in [1.29, 1.82) is 0 Å². The number of hydrogen-bond donors (Lipinski definition) is 5. The number of nitrogens with two attached hydrogens (primary N) is 2. The van der Waals surface area contributed by atoms with E-state index in [9.17, 15) is 9.36 Å². The van der Waals surface area contributed by atoms with E-state index >= 15 is 0 Å². The van der Waals surface area contributed by atoms with Gasteiger partial charge in [0.15, 0.2) is 11.5 Å². The molecule has 0 amide bonds. The lowest BCUT2D eigenvalue weighted by Gasteiger charge is -2.14. The van der Waals surface area contributed by atoms with Crippen LogP contribution in [0.4, 0.5) is 11.6 Å². The maximum Gasteiger partial charge on any atom is 0.350 e. The second kappa shape index (κ2) is 11.2. The van der Waals surface area contributed by atoms with Crippen LogP contribution >= 0.6 is 19.4 Å². The summed E-state index contributed by atoms with van der Waals surface area (Å²) < 4.78 is 24.2. The van der Waals surface area contributed by atoms with E-state index in [4.69, 9.17) is 35.8 Å². The lowest BCUT2D eigenvalue weighted by atomic mass is 10.4. The highest BCUT2D eigenvalue weighted by atomic mass is 32.2. The first kappa shape index (κ1) is 26.0. The van der Waals surface area contributed by atoms with Crippen molar-refractivity contribution in [2.45, 2.75) is 30.4 Å². The molecular weight excluding hydrogens is 491 g/mol. The van der Waals surface area contributed by atoms with Gasteiger partial charge in [0, 0.05) is 6.20 Å². The van der Waals surface area contributed by atoms with E-state index < -0.39 is 25.7 Å². The van der Waals surface area contributed by atoms with Crippen molar-refractivity contribution in [3.05, 3.63) is 35.4 Å². The van der Waals surface area contributed by atoms with Crippen LogP contribution in [-0.4, -0.2) is 75.1 Å². The van der Waals surface area contributed by atoms with Crippen LogP contribution in [0.3, 0.4) is 0 Å². The van der Waals surface area contributed by atoms with Gasteiger partial charge in [-0.25, -0.2) is 19.7 Å². The minimum Gasteiger partial charge on any atom is -0.393 e. The number of hydrogen-bond acceptors (Lipinski definition) is 12. The first-order valence-corrected chi connectivity index (χ1v) is 12.6. The number of imidazole rings is 1. The Bertz CT molecular complexity index is 1220. The Labute approximate surface area is 197 Å². The molecule has 0 saturated carbocycles. The lowest BCUT2D eigenvalue weighted by Crippen LogP contribution is -2.26. The Hall–Kier alpha value is -2.59. The second-order valence-corrected chi connectivity index (χ2v) is 10.1. The average Bonchev–Trinajstić information content (AvgIpc) is 3.41. The number of rotatable bonds is 7. The molecule has 7 N–H and O–H groups in total. The van der Waals surface area contributed by atoms with Crippen LogP contribution in [0.5, 0.6) is 0 Å². The number of ether oxygens (including phenoxy) is 2. The maximum atomic E-state index is 11.5. The topological polar surface area (TPSA) is 227 Å². The number of aliphatic hydroxyl groups is 1. The summed E-state index contributed by atoms with van der Waals surface area (Å²) in [5, 5.41) is 8.74. The molecule has 3 aromatic heterocycles. The number of nitrogen functional groups attached to an aromatic ring is 2. The molecule has 17 heteroatoms. The second-order valence-electron chi connectivity index (χ2n) is 7.18. The van der Waals surface area contributed by atoms with Gasteiger partial charge in [0.1, 0.15) is 34.8 Å². The Morgan fingerprint density at radius 3 is 2.76 bits per heavy atom. The molecule has 0 unspecified atom stereocenters. The van der Waals surface area contributed by atoms with E-state index in [1.165, 1.54) is 29.0 Å². The van der Waals surface area contributed by atoms with Crippen LogP contribution in [0.15, 0.2) is 29.7 Å². The van der Waals surface area contributed by atoms with Gasteiger partial charge in [-0.05, 0) is 13.0 Å². The van der Waals surface area contributed by atoms with Gasteiger partial charge in [-0.1, -0.05) is 0 Å². The summed E-state index contributed by atoms with van der Waals surface area (Å²) in [6.45, 7) is 2.39.